The molecule has 2 aromatic rings. The summed E-state index contributed by atoms with van der Waals surface area (Å²) in [5, 5.41) is 3.03. The Balaban J connectivity index is 0.000000845. The second-order valence-electron chi connectivity index (χ2n) is 6.48. The van der Waals surface area contributed by atoms with Crippen molar-refractivity contribution in [2.45, 2.75) is 17.2 Å². The third-order valence-corrected chi connectivity index (χ3v) is 9.95. The van der Waals surface area contributed by atoms with Crippen molar-refractivity contribution in [2.24, 2.45) is 0 Å². The first-order valence-corrected chi connectivity index (χ1v) is 12.1. The number of allylic oxidation sites excluding steroid dienone is 4. The predicted octanol–water partition coefficient (Wildman–Crippen LogP) is -2.10. The summed E-state index contributed by atoms with van der Waals surface area (Å²) < 4.78 is 0.484. The molecule has 0 N–H and O–H groups in total. The topological polar surface area (TPSA) is 0 Å². The summed E-state index contributed by atoms with van der Waals surface area (Å²) in [6.07, 6.45) is 7.71. The van der Waals surface area contributed by atoms with E-state index in [9.17, 15) is 0 Å². The summed E-state index contributed by atoms with van der Waals surface area (Å²) in [5.41, 5.74) is 8.69. The first-order chi connectivity index (χ1) is 10.6. The van der Waals surface area contributed by atoms with Crippen LogP contribution in [-0.4, -0.2) is 7.38 Å². The molecule has 2 aromatic carbocycles. The molecule has 1 aliphatic heterocycles. The average Bonchev–Trinajstić information content (AvgIpc) is 2.93. The third kappa shape index (κ3) is 2.30. The first kappa shape index (κ1) is 18.5. The Labute approximate surface area is 172 Å². The summed E-state index contributed by atoms with van der Waals surface area (Å²) in [6.45, 7) is 2.29. The SMILES string of the molecule is C[Si]1(Cl)c2c(C3=CC=CC3)cc3c(c21)[CH]([Ti+2])c1ccccc1-3.[Cl-].[Cl-]. The Bertz CT molecular complexity index is 915. The zero-order valence-corrected chi connectivity index (χ0v) is 17.9. The van der Waals surface area contributed by atoms with E-state index in [1.807, 2.05) is 0 Å². The van der Waals surface area contributed by atoms with Crippen LogP contribution in [-0.2, 0) is 20.4 Å². The van der Waals surface area contributed by atoms with E-state index in [-0.39, 0.29) is 24.8 Å². The van der Waals surface area contributed by atoms with Gasteiger partial charge in [-0.15, -0.1) is 0 Å². The predicted molar refractivity (Wildman–Crippen MR) is 92.2 cm³/mol. The zero-order valence-electron chi connectivity index (χ0n) is 13.0. The van der Waals surface area contributed by atoms with Gasteiger partial charge in [-0.05, 0) is 0 Å². The first-order valence-electron chi connectivity index (χ1n) is 7.68. The van der Waals surface area contributed by atoms with Gasteiger partial charge in [-0.2, -0.15) is 0 Å². The van der Waals surface area contributed by atoms with Crippen molar-refractivity contribution in [1.82, 2.24) is 0 Å². The molecule has 0 saturated heterocycles. The van der Waals surface area contributed by atoms with E-state index in [1.54, 1.807) is 0 Å². The van der Waals surface area contributed by atoms with E-state index in [4.69, 9.17) is 11.1 Å². The van der Waals surface area contributed by atoms with E-state index in [0.717, 1.165) is 6.42 Å². The number of fused-ring (bicyclic) bond motifs is 5. The Morgan fingerprint density at radius 1 is 1.08 bits per heavy atom. The maximum Gasteiger partial charge on any atom is -1.00 e. The molecule has 0 spiro atoms. The third-order valence-electron chi connectivity index (χ3n) is 5.21. The molecule has 0 radical (unpaired) electrons. The van der Waals surface area contributed by atoms with Gasteiger partial charge in [0.15, 0.2) is 0 Å². The van der Waals surface area contributed by atoms with Crippen LogP contribution >= 0.6 is 11.1 Å². The van der Waals surface area contributed by atoms with Gasteiger partial charge in [-0.3, -0.25) is 0 Å². The summed E-state index contributed by atoms with van der Waals surface area (Å²) in [4.78, 5) is 0. The van der Waals surface area contributed by atoms with Crippen LogP contribution in [0.4, 0.5) is 0 Å². The normalized spacial score (nSPS) is 24.3. The molecular weight excluding hydrogens is 411 g/mol. The van der Waals surface area contributed by atoms with Crippen molar-refractivity contribution in [3.8, 4) is 11.1 Å². The molecule has 0 saturated carbocycles. The number of halogens is 3. The largest absolute Gasteiger partial charge is 1.00 e. The second kappa shape index (κ2) is 6.16. The molecule has 0 fully saturated rings. The molecule has 0 bridgehead atoms. The molecule has 24 heavy (non-hydrogen) atoms. The summed E-state index contributed by atoms with van der Waals surface area (Å²) in [5.74, 6) is 0. The van der Waals surface area contributed by atoms with Gasteiger partial charge < -0.3 is 24.8 Å². The van der Waals surface area contributed by atoms with Gasteiger partial charge in [0, 0.05) is 0 Å². The Hall–Kier alpha value is -0.279. The van der Waals surface area contributed by atoms with Crippen molar-refractivity contribution in [3.05, 3.63) is 65.3 Å². The summed E-state index contributed by atoms with van der Waals surface area (Å²) in [7, 11) is -1.84. The van der Waals surface area contributed by atoms with Crippen LogP contribution in [0.25, 0.3) is 16.7 Å². The van der Waals surface area contributed by atoms with E-state index in [1.165, 1.54) is 43.8 Å². The standard InChI is InChI=1S/C19H14ClSi.2ClH.Ti/c1-21(20)18-15(12-6-2-3-7-12)11-16-14-9-5-4-8-13(14)10-17(16)19(18)21;;;/h2-6,8-11H,7H2,1H3;2*1H;/q;;;+2/p-2. The minimum absolute atomic E-state index is 0. The van der Waals surface area contributed by atoms with Crippen molar-refractivity contribution in [1.29, 1.82) is 0 Å². The maximum atomic E-state index is 7.00. The van der Waals surface area contributed by atoms with Crippen LogP contribution in [0, 0.1) is 0 Å². The van der Waals surface area contributed by atoms with Gasteiger partial charge in [-0.1, -0.05) is 0 Å². The molecular formula is C19H14Cl3SiTi. The van der Waals surface area contributed by atoms with Crippen molar-refractivity contribution < 1.29 is 45.2 Å². The van der Waals surface area contributed by atoms with Crippen LogP contribution in [0.1, 0.15) is 27.3 Å². The van der Waals surface area contributed by atoms with Gasteiger partial charge in [-0.25, -0.2) is 0 Å². The van der Waals surface area contributed by atoms with E-state index >= 15 is 0 Å². The Morgan fingerprint density at radius 3 is 2.54 bits per heavy atom. The smallest absolute Gasteiger partial charge is 1.00 e. The number of hydrogen-bond acceptors (Lipinski definition) is 0. The number of rotatable bonds is 1. The zero-order chi connectivity index (χ0) is 15.1. The molecule has 119 valence electrons. The van der Waals surface area contributed by atoms with Gasteiger partial charge in [0.25, 0.3) is 0 Å². The molecule has 2 unspecified atom stereocenters. The van der Waals surface area contributed by atoms with Gasteiger partial charge in [0.05, 0.1) is 0 Å². The molecule has 0 amide bonds. The Morgan fingerprint density at radius 2 is 1.83 bits per heavy atom. The van der Waals surface area contributed by atoms with Gasteiger partial charge >= 0.3 is 148 Å². The van der Waals surface area contributed by atoms with Crippen LogP contribution in [0.2, 0.25) is 6.55 Å². The molecule has 2 atom stereocenters. The molecule has 3 aliphatic rings. The van der Waals surface area contributed by atoms with Crippen molar-refractivity contribution in [3.63, 3.8) is 0 Å². The Kier molecular flexibility index (Phi) is 4.75. The van der Waals surface area contributed by atoms with Gasteiger partial charge in [0.1, 0.15) is 0 Å². The van der Waals surface area contributed by atoms with Crippen LogP contribution in [0.5, 0.6) is 0 Å². The van der Waals surface area contributed by atoms with E-state index in [0.29, 0.717) is 4.22 Å². The minimum atomic E-state index is -1.84. The molecule has 0 aromatic heterocycles. The average molecular weight is 425 g/mol. The van der Waals surface area contributed by atoms with E-state index in [2.05, 4.69) is 75.5 Å². The molecule has 2 aliphatic carbocycles. The minimum Gasteiger partial charge on any atom is -1.00 e. The molecule has 0 nitrogen and oxygen atoms in total. The van der Waals surface area contributed by atoms with Crippen LogP contribution in [0.15, 0.2) is 48.6 Å². The maximum absolute atomic E-state index is 7.00. The van der Waals surface area contributed by atoms with Crippen LogP contribution in [0.3, 0.4) is 0 Å². The summed E-state index contributed by atoms with van der Waals surface area (Å²) >= 11 is 9.34. The fourth-order valence-electron chi connectivity index (χ4n) is 4.13. The second-order valence-corrected chi connectivity index (χ2v) is 12.7. The summed E-state index contributed by atoms with van der Waals surface area (Å²) in [6, 6.07) is 11.3. The monoisotopic (exact) mass is 423 g/mol. The fraction of sp³-hybridized carbons (Fsp3) is 0.158. The van der Waals surface area contributed by atoms with E-state index < -0.39 is 7.38 Å². The molecule has 1 heterocycles. The van der Waals surface area contributed by atoms with Crippen LogP contribution < -0.4 is 35.2 Å². The van der Waals surface area contributed by atoms with Gasteiger partial charge in [0.2, 0.25) is 0 Å². The number of hydrogen-bond donors (Lipinski definition) is 0. The fourth-order valence-corrected chi connectivity index (χ4v) is 9.55. The molecule has 5 rings (SSSR count). The molecule has 5 heteroatoms. The van der Waals surface area contributed by atoms with Crippen molar-refractivity contribution >= 4 is 34.4 Å². The number of benzene rings is 2. The quantitative estimate of drug-likeness (QED) is 0.363. The van der Waals surface area contributed by atoms with Crippen molar-refractivity contribution in [2.75, 3.05) is 0 Å².